The molecule has 1 aliphatic carbocycles. The summed E-state index contributed by atoms with van der Waals surface area (Å²) in [6.45, 7) is 7.97. The number of aliphatic imine (C=N–C) groups is 1. The van der Waals surface area contributed by atoms with Crippen LogP contribution in [0.25, 0.3) is 0 Å². The summed E-state index contributed by atoms with van der Waals surface area (Å²) in [7, 11) is 0. The van der Waals surface area contributed by atoms with Gasteiger partial charge in [0.2, 0.25) is 0 Å². The molecule has 1 heterocycles. The van der Waals surface area contributed by atoms with Crippen LogP contribution in [-0.4, -0.2) is 23.5 Å². The smallest absolute Gasteiger partial charge is 0.156 e. The van der Waals surface area contributed by atoms with Crippen molar-refractivity contribution >= 4 is 16.9 Å². The summed E-state index contributed by atoms with van der Waals surface area (Å²) in [5, 5.41) is 4.83. The second-order valence-corrected chi connectivity index (χ2v) is 7.91. The highest BCUT2D eigenvalue weighted by Crippen LogP contribution is 2.29. The number of rotatable bonds is 3. The lowest BCUT2D eigenvalue weighted by Crippen LogP contribution is -2.46. The summed E-state index contributed by atoms with van der Waals surface area (Å²) in [5.74, 6) is 2.18. The summed E-state index contributed by atoms with van der Waals surface area (Å²) in [5.41, 5.74) is 0.340. The summed E-state index contributed by atoms with van der Waals surface area (Å²) in [6, 6.07) is 0.587. The van der Waals surface area contributed by atoms with E-state index in [1.54, 1.807) is 0 Å². The second-order valence-electron chi connectivity index (χ2n) is 6.83. The molecule has 1 aliphatic heterocycles. The fraction of sp³-hybridized carbons (Fsp3) is 0.933. The molecule has 1 saturated carbocycles. The predicted octanol–water partition coefficient (Wildman–Crippen LogP) is 4.06. The Morgan fingerprint density at radius 3 is 2.61 bits per heavy atom. The summed E-state index contributed by atoms with van der Waals surface area (Å²) < 4.78 is 0. The fourth-order valence-corrected chi connectivity index (χ4v) is 3.88. The maximum absolute atomic E-state index is 4.78. The van der Waals surface area contributed by atoms with Gasteiger partial charge in [0.15, 0.2) is 5.17 Å². The molecule has 0 radical (unpaired) electrons. The third-order valence-electron chi connectivity index (χ3n) is 4.26. The van der Waals surface area contributed by atoms with Crippen molar-refractivity contribution in [1.82, 2.24) is 5.32 Å². The Kier molecular flexibility index (Phi) is 4.99. The number of hydrogen-bond donors (Lipinski definition) is 1. The molecule has 2 fully saturated rings. The van der Waals surface area contributed by atoms with E-state index in [0.717, 1.165) is 12.5 Å². The number of hydrogen-bond acceptors (Lipinski definition) is 2. The molecule has 0 aromatic carbocycles. The predicted molar refractivity (Wildman–Crippen MR) is 82.3 cm³/mol. The molecule has 2 rings (SSSR count). The van der Waals surface area contributed by atoms with Crippen LogP contribution in [0.4, 0.5) is 0 Å². The Balaban J connectivity index is 1.77. The molecule has 1 unspecified atom stereocenters. The molecular weight excluding hydrogens is 240 g/mol. The Morgan fingerprint density at radius 2 is 1.94 bits per heavy atom. The van der Waals surface area contributed by atoms with Crippen LogP contribution in [0.5, 0.6) is 0 Å². The molecule has 1 N–H and O–H groups in total. The molecule has 2 aliphatic rings. The van der Waals surface area contributed by atoms with E-state index in [4.69, 9.17) is 4.99 Å². The van der Waals surface area contributed by atoms with Crippen molar-refractivity contribution in [2.24, 2.45) is 16.3 Å². The van der Waals surface area contributed by atoms with Crippen molar-refractivity contribution in [1.29, 1.82) is 0 Å². The quantitative estimate of drug-likeness (QED) is 0.834. The van der Waals surface area contributed by atoms with E-state index < -0.39 is 0 Å². The average Bonchev–Trinajstić information content (AvgIpc) is 2.81. The zero-order valence-electron chi connectivity index (χ0n) is 12.2. The van der Waals surface area contributed by atoms with Gasteiger partial charge in [0.25, 0.3) is 0 Å². The van der Waals surface area contributed by atoms with Crippen LogP contribution in [0.2, 0.25) is 0 Å². The van der Waals surface area contributed by atoms with Crippen molar-refractivity contribution in [3.8, 4) is 0 Å². The Bertz CT molecular complexity index is 287. The lowest BCUT2D eigenvalue weighted by atomic mass is 9.85. The van der Waals surface area contributed by atoms with Gasteiger partial charge in [-0.05, 0) is 24.2 Å². The van der Waals surface area contributed by atoms with E-state index in [1.165, 1.54) is 49.4 Å². The Hall–Kier alpha value is -0.180. The summed E-state index contributed by atoms with van der Waals surface area (Å²) >= 11 is 1.90. The number of thioether (sulfide) groups is 1. The Morgan fingerprint density at radius 1 is 1.22 bits per heavy atom. The maximum atomic E-state index is 4.78. The van der Waals surface area contributed by atoms with Gasteiger partial charge in [0.1, 0.15) is 0 Å². The summed E-state index contributed by atoms with van der Waals surface area (Å²) in [6.07, 6.45) is 8.33. The topological polar surface area (TPSA) is 24.4 Å². The van der Waals surface area contributed by atoms with Gasteiger partial charge in [0.05, 0.1) is 0 Å². The number of nitrogens with one attached hydrogen (secondary N) is 1. The first kappa shape index (κ1) is 14.2. The lowest BCUT2D eigenvalue weighted by molar-refractivity contribution is 0.290. The molecule has 0 aromatic rings. The highest BCUT2D eigenvalue weighted by Gasteiger charge is 2.28. The van der Waals surface area contributed by atoms with E-state index >= 15 is 0 Å². The zero-order chi connectivity index (χ0) is 13.0. The standard InChI is InChI=1S/C15H28N2S/c1-15(2,3)13-9-11-18-14(17-13)16-10-8-12-6-4-5-7-12/h12-13H,4-11H2,1-3H3,(H,16,17). The molecule has 0 aromatic heterocycles. The van der Waals surface area contributed by atoms with Crippen LogP contribution >= 0.6 is 11.8 Å². The van der Waals surface area contributed by atoms with Gasteiger partial charge in [-0.1, -0.05) is 58.2 Å². The highest BCUT2D eigenvalue weighted by molar-refractivity contribution is 8.13. The van der Waals surface area contributed by atoms with Crippen LogP contribution in [0.3, 0.4) is 0 Å². The molecule has 18 heavy (non-hydrogen) atoms. The van der Waals surface area contributed by atoms with Crippen molar-refractivity contribution in [3.63, 3.8) is 0 Å². The first-order valence-corrected chi connectivity index (χ1v) is 8.48. The van der Waals surface area contributed by atoms with Crippen molar-refractivity contribution in [2.75, 3.05) is 12.3 Å². The van der Waals surface area contributed by atoms with E-state index in [2.05, 4.69) is 26.1 Å². The minimum Gasteiger partial charge on any atom is -0.362 e. The fourth-order valence-electron chi connectivity index (χ4n) is 2.92. The van der Waals surface area contributed by atoms with Crippen LogP contribution in [0.1, 0.15) is 59.3 Å². The largest absolute Gasteiger partial charge is 0.362 e. The molecule has 0 bridgehead atoms. The van der Waals surface area contributed by atoms with E-state index in [9.17, 15) is 0 Å². The van der Waals surface area contributed by atoms with Gasteiger partial charge in [-0.25, -0.2) is 0 Å². The van der Waals surface area contributed by atoms with Crippen LogP contribution < -0.4 is 5.32 Å². The minimum atomic E-state index is 0.340. The van der Waals surface area contributed by atoms with E-state index in [1.807, 2.05) is 11.8 Å². The molecular formula is C15H28N2S. The Labute approximate surface area is 116 Å². The van der Waals surface area contributed by atoms with Crippen molar-refractivity contribution in [2.45, 2.75) is 65.3 Å². The maximum Gasteiger partial charge on any atom is 0.156 e. The highest BCUT2D eigenvalue weighted by atomic mass is 32.2. The first-order valence-electron chi connectivity index (χ1n) is 7.49. The minimum absolute atomic E-state index is 0.340. The van der Waals surface area contributed by atoms with Gasteiger partial charge in [-0.3, -0.25) is 4.99 Å². The van der Waals surface area contributed by atoms with Gasteiger partial charge < -0.3 is 5.32 Å². The molecule has 3 heteroatoms. The SMILES string of the molecule is CC(C)(C)C1CCSC(=NCCC2CCCC2)N1. The summed E-state index contributed by atoms with van der Waals surface area (Å²) in [4.78, 5) is 4.78. The number of nitrogens with zero attached hydrogens (tertiary/aromatic N) is 1. The van der Waals surface area contributed by atoms with Crippen LogP contribution in [-0.2, 0) is 0 Å². The van der Waals surface area contributed by atoms with Gasteiger partial charge in [-0.2, -0.15) is 0 Å². The van der Waals surface area contributed by atoms with Gasteiger partial charge >= 0.3 is 0 Å². The molecule has 1 saturated heterocycles. The normalized spacial score (nSPS) is 28.6. The van der Waals surface area contributed by atoms with Crippen LogP contribution in [0.15, 0.2) is 4.99 Å². The molecule has 2 nitrogen and oxygen atoms in total. The molecule has 1 atom stereocenters. The number of amidine groups is 1. The van der Waals surface area contributed by atoms with Crippen LogP contribution in [0, 0.1) is 11.3 Å². The molecule has 104 valence electrons. The molecule has 0 spiro atoms. The third kappa shape index (κ3) is 4.18. The van der Waals surface area contributed by atoms with Gasteiger partial charge in [-0.15, -0.1) is 0 Å². The van der Waals surface area contributed by atoms with Crippen molar-refractivity contribution < 1.29 is 0 Å². The van der Waals surface area contributed by atoms with Gasteiger partial charge in [0, 0.05) is 18.3 Å². The second kappa shape index (κ2) is 6.31. The zero-order valence-corrected chi connectivity index (χ0v) is 13.0. The lowest BCUT2D eigenvalue weighted by Gasteiger charge is -2.35. The van der Waals surface area contributed by atoms with E-state index in [-0.39, 0.29) is 0 Å². The van der Waals surface area contributed by atoms with E-state index in [0.29, 0.717) is 11.5 Å². The third-order valence-corrected chi connectivity index (χ3v) is 5.22. The van der Waals surface area contributed by atoms with Crippen molar-refractivity contribution in [3.05, 3.63) is 0 Å². The monoisotopic (exact) mass is 268 g/mol. The first-order chi connectivity index (χ1) is 8.55. The molecule has 0 amide bonds. The average molecular weight is 268 g/mol.